The first-order valence-corrected chi connectivity index (χ1v) is 4.60. The molecule has 0 aliphatic heterocycles. The fraction of sp³-hybridized carbons (Fsp3) is 0.800. The standard InChI is InChI=1S/C10H16O/c1-2-5-11-7-9-6-8-3-4-10(8)9/h2,8-10H,1,3-7H2/t8-,9-,10-/m1/s1. The van der Waals surface area contributed by atoms with Gasteiger partial charge in [0.05, 0.1) is 13.2 Å². The Balaban J connectivity index is 1.61. The molecule has 0 aromatic carbocycles. The van der Waals surface area contributed by atoms with Gasteiger partial charge in [0.25, 0.3) is 0 Å². The molecule has 2 rings (SSSR count). The van der Waals surface area contributed by atoms with E-state index >= 15 is 0 Å². The third-order valence-corrected chi connectivity index (χ3v) is 3.25. The van der Waals surface area contributed by atoms with Gasteiger partial charge in [-0.1, -0.05) is 6.08 Å². The minimum absolute atomic E-state index is 0.730. The van der Waals surface area contributed by atoms with Crippen LogP contribution in [-0.2, 0) is 4.74 Å². The van der Waals surface area contributed by atoms with Gasteiger partial charge in [0.1, 0.15) is 0 Å². The summed E-state index contributed by atoms with van der Waals surface area (Å²) in [6.45, 7) is 5.33. The predicted octanol–water partition coefficient (Wildman–Crippen LogP) is 2.24. The van der Waals surface area contributed by atoms with E-state index in [9.17, 15) is 0 Å². The summed E-state index contributed by atoms with van der Waals surface area (Å²) in [7, 11) is 0. The largest absolute Gasteiger partial charge is 0.377 e. The summed E-state index contributed by atoms with van der Waals surface area (Å²) in [5.41, 5.74) is 0. The zero-order valence-corrected chi connectivity index (χ0v) is 6.96. The monoisotopic (exact) mass is 152 g/mol. The van der Waals surface area contributed by atoms with E-state index in [4.69, 9.17) is 4.74 Å². The molecule has 0 N–H and O–H groups in total. The smallest absolute Gasteiger partial charge is 0.0644 e. The quantitative estimate of drug-likeness (QED) is 0.443. The fourth-order valence-electron chi connectivity index (χ4n) is 2.37. The number of hydrogen-bond donors (Lipinski definition) is 0. The van der Waals surface area contributed by atoms with Crippen molar-refractivity contribution in [1.82, 2.24) is 0 Å². The molecule has 0 saturated heterocycles. The van der Waals surface area contributed by atoms with Crippen molar-refractivity contribution >= 4 is 0 Å². The van der Waals surface area contributed by atoms with Gasteiger partial charge in [-0.25, -0.2) is 0 Å². The number of hydrogen-bond acceptors (Lipinski definition) is 1. The Morgan fingerprint density at radius 1 is 1.45 bits per heavy atom. The molecular formula is C10H16O. The van der Waals surface area contributed by atoms with Gasteiger partial charge in [-0.3, -0.25) is 0 Å². The van der Waals surface area contributed by atoms with Crippen molar-refractivity contribution in [3.63, 3.8) is 0 Å². The van der Waals surface area contributed by atoms with E-state index in [2.05, 4.69) is 6.58 Å². The minimum Gasteiger partial charge on any atom is -0.377 e. The summed E-state index contributed by atoms with van der Waals surface area (Å²) in [6, 6.07) is 0. The Morgan fingerprint density at radius 2 is 2.36 bits per heavy atom. The van der Waals surface area contributed by atoms with E-state index < -0.39 is 0 Å². The van der Waals surface area contributed by atoms with E-state index in [1.165, 1.54) is 19.3 Å². The van der Waals surface area contributed by atoms with Gasteiger partial charge in [0.15, 0.2) is 0 Å². The molecule has 1 heteroatoms. The minimum atomic E-state index is 0.730. The van der Waals surface area contributed by atoms with E-state index in [0.717, 1.165) is 31.0 Å². The van der Waals surface area contributed by atoms with E-state index in [-0.39, 0.29) is 0 Å². The molecule has 0 aromatic heterocycles. The lowest BCUT2D eigenvalue weighted by molar-refractivity contribution is -0.0668. The average Bonchev–Trinajstić information content (AvgIpc) is 1.98. The SMILES string of the molecule is C=CCOC[C@H]1C[C@H]2CC[C@H]21. The maximum absolute atomic E-state index is 5.42. The molecule has 2 aliphatic carbocycles. The molecule has 0 spiro atoms. The third kappa shape index (κ3) is 1.22. The molecule has 11 heavy (non-hydrogen) atoms. The first-order valence-electron chi connectivity index (χ1n) is 4.60. The summed E-state index contributed by atoms with van der Waals surface area (Å²) in [5.74, 6) is 3.03. The van der Waals surface area contributed by atoms with E-state index in [0.29, 0.717) is 0 Å². The second-order valence-electron chi connectivity index (χ2n) is 3.82. The Bertz CT molecular complexity index is 153. The van der Waals surface area contributed by atoms with Crippen LogP contribution >= 0.6 is 0 Å². The van der Waals surface area contributed by atoms with Crippen molar-refractivity contribution in [3.8, 4) is 0 Å². The van der Waals surface area contributed by atoms with Crippen LogP contribution in [-0.4, -0.2) is 13.2 Å². The molecule has 0 radical (unpaired) electrons. The summed E-state index contributed by atoms with van der Waals surface area (Å²) in [4.78, 5) is 0. The van der Waals surface area contributed by atoms with Gasteiger partial charge in [-0.05, 0) is 37.0 Å². The summed E-state index contributed by atoms with van der Waals surface area (Å²) < 4.78 is 5.42. The molecule has 0 unspecified atom stereocenters. The lowest BCUT2D eigenvalue weighted by Crippen LogP contribution is -2.46. The molecule has 3 atom stereocenters. The molecule has 0 aromatic rings. The molecule has 0 amide bonds. The maximum Gasteiger partial charge on any atom is 0.0644 e. The Labute approximate surface area is 68.4 Å². The number of rotatable bonds is 4. The highest BCUT2D eigenvalue weighted by Gasteiger charge is 2.46. The van der Waals surface area contributed by atoms with Crippen LogP contribution in [0, 0.1) is 17.8 Å². The third-order valence-electron chi connectivity index (χ3n) is 3.25. The second-order valence-corrected chi connectivity index (χ2v) is 3.82. The Morgan fingerprint density at radius 3 is 2.82 bits per heavy atom. The Hall–Kier alpha value is -0.300. The van der Waals surface area contributed by atoms with Gasteiger partial charge in [0.2, 0.25) is 0 Å². The lowest BCUT2D eigenvalue weighted by Gasteiger charge is -2.53. The molecule has 0 bridgehead atoms. The normalized spacial score (nSPS) is 40.2. The zero-order valence-electron chi connectivity index (χ0n) is 6.96. The first kappa shape index (κ1) is 7.35. The van der Waals surface area contributed by atoms with Crippen LogP contribution in [0.2, 0.25) is 0 Å². The van der Waals surface area contributed by atoms with Crippen LogP contribution < -0.4 is 0 Å². The summed E-state index contributed by atoms with van der Waals surface area (Å²) >= 11 is 0. The highest BCUT2D eigenvalue weighted by molar-refractivity contribution is 4.96. The molecule has 2 saturated carbocycles. The van der Waals surface area contributed by atoms with Gasteiger partial charge in [-0.15, -0.1) is 6.58 Å². The van der Waals surface area contributed by atoms with Gasteiger partial charge in [-0.2, -0.15) is 0 Å². The van der Waals surface area contributed by atoms with Crippen LogP contribution in [0.3, 0.4) is 0 Å². The van der Waals surface area contributed by atoms with Crippen molar-refractivity contribution < 1.29 is 4.74 Å². The molecule has 0 heterocycles. The molecular weight excluding hydrogens is 136 g/mol. The van der Waals surface area contributed by atoms with Crippen molar-refractivity contribution in [2.75, 3.05) is 13.2 Å². The second kappa shape index (κ2) is 2.98. The number of ether oxygens (including phenoxy) is 1. The predicted molar refractivity (Wildman–Crippen MR) is 45.3 cm³/mol. The van der Waals surface area contributed by atoms with Crippen molar-refractivity contribution in [1.29, 1.82) is 0 Å². The zero-order chi connectivity index (χ0) is 7.68. The van der Waals surface area contributed by atoms with Crippen LogP contribution in [0.15, 0.2) is 12.7 Å². The summed E-state index contributed by atoms with van der Waals surface area (Å²) in [6.07, 6.45) is 6.22. The highest BCUT2D eigenvalue weighted by Crippen LogP contribution is 2.54. The van der Waals surface area contributed by atoms with Gasteiger partial charge in [0, 0.05) is 0 Å². The van der Waals surface area contributed by atoms with Crippen LogP contribution in [0.25, 0.3) is 0 Å². The van der Waals surface area contributed by atoms with Crippen LogP contribution in [0.1, 0.15) is 19.3 Å². The maximum atomic E-state index is 5.42. The highest BCUT2D eigenvalue weighted by atomic mass is 16.5. The molecule has 1 nitrogen and oxygen atoms in total. The summed E-state index contributed by atoms with van der Waals surface area (Å²) in [5, 5.41) is 0. The van der Waals surface area contributed by atoms with Crippen molar-refractivity contribution in [2.45, 2.75) is 19.3 Å². The molecule has 2 aliphatic rings. The molecule has 2 fully saturated rings. The van der Waals surface area contributed by atoms with Crippen molar-refractivity contribution in [3.05, 3.63) is 12.7 Å². The van der Waals surface area contributed by atoms with E-state index in [1.54, 1.807) is 0 Å². The fourth-order valence-corrected chi connectivity index (χ4v) is 2.37. The first-order chi connectivity index (χ1) is 5.42. The number of fused-ring (bicyclic) bond motifs is 1. The Kier molecular flexibility index (Phi) is 1.99. The van der Waals surface area contributed by atoms with Crippen molar-refractivity contribution in [2.24, 2.45) is 17.8 Å². The van der Waals surface area contributed by atoms with E-state index in [1.807, 2.05) is 6.08 Å². The lowest BCUT2D eigenvalue weighted by atomic mass is 9.53. The molecule has 62 valence electrons. The topological polar surface area (TPSA) is 9.23 Å². The van der Waals surface area contributed by atoms with Gasteiger partial charge < -0.3 is 4.74 Å². The van der Waals surface area contributed by atoms with Crippen LogP contribution in [0.5, 0.6) is 0 Å². The van der Waals surface area contributed by atoms with Gasteiger partial charge >= 0.3 is 0 Å². The average molecular weight is 152 g/mol. The van der Waals surface area contributed by atoms with Crippen LogP contribution in [0.4, 0.5) is 0 Å².